The number of nitrogens with zero attached hydrogens (tertiary/aromatic N) is 1. The van der Waals surface area contributed by atoms with Gasteiger partial charge >= 0.3 is 0 Å². The Hall–Kier alpha value is -2.11. The number of hydrogen-bond acceptors (Lipinski definition) is 4. The molecule has 2 aromatic rings. The molecule has 2 aromatic carbocycles. The van der Waals surface area contributed by atoms with E-state index in [1.807, 2.05) is 0 Å². The third kappa shape index (κ3) is 2.46. The van der Waals surface area contributed by atoms with E-state index in [1.165, 1.54) is 0 Å². The molecule has 0 aromatic heterocycles. The summed E-state index contributed by atoms with van der Waals surface area (Å²) in [6.45, 7) is 0. The SMILES string of the molecule is O=[N+]([O-])C1C(O)c2ccccc2OC1c1ccc(Cl)cc1. The van der Waals surface area contributed by atoms with Gasteiger partial charge in [0.15, 0.2) is 12.2 Å². The van der Waals surface area contributed by atoms with E-state index in [9.17, 15) is 15.2 Å². The molecule has 6 heteroatoms. The molecule has 1 aliphatic heterocycles. The largest absolute Gasteiger partial charge is 0.478 e. The third-order valence-electron chi connectivity index (χ3n) is 3.57. The van der Waals surface area contributed by atoms with Gasteiger partial charge in [-0.05, 0) is 23.8 Å². The zero-order chi connectivity index (χ0) is 15.0. The molecule has 0 spiro atoms. The van der Waals surface area contributed by atoms with Crippen molar-refractivity contribution in [1.29, 1.82) is 0 Å². The van der Waals surface area contributed by atoms with Crippen molar-refractivity contribution < 1.29 is 14.8 Å². The predicted molar refractivity (Wildman–Crippen MR) is 77.0 cm³/mol. The molecule has 0 saturated heterocycles. The van der Waals surface area contributed by atoms with Crippen molar-refractivity contribution in [2.24, 2.45) is 0 Å². The summed E-state index contributed by atoms with van der Waals surface area (Å²) in [7, 11) is 0. The highest BCUT2D eigenvalue weighted by Crippen LogP contribution is 2.42. The van der Waals surface area contributed by atoms with E-state index in [0.717, 1.165) is 0 Å². The molecular formula is C15H12ClNO4. The van der Waals surface area contributed by atoms with Crippen molar-refractivity contribution in [2.75, 3.05) is 0 Å². The molecule has 3 rings (SSSR count). The fraction of sp³-hybridized carbons (Fsp3) is 0.200. The lowest BCUT2D eigenvalue weighted by Crippen LogP contribution is -2.40. The van der Waals surface area contributed by atoms with Gasteiger partial charge in [-0.15, -0.1) is 0 Å². The molecule has 108 valence electrons. The molecule has 0 radical (unpaired) electrons. The number of aliphatic hydroxyl groups is 1. The van der Waals surface area contributed by atoms with Crippen LogP contribution in [0.1, 0.15) is 23.3 Å². The normalized spacial score (nSPS) is 24.0. The molecule has 1 heterocycles. The van der Waals surface area contributed by atoms with E-state index in [4.69, 9.17) is 16.3 Å². The van der Waals surface area contributed by atoms with Crippen LogP contribution < -0.4 is 4.74 Å². The Balaban J connectivity index is 2.06. The minimum absolute atomic E-state index is 0.435. The number of fused-ring (bicyclic) bond motifs is 1. The zero-order valence-corrected chi connectivity index (χ0v) is 11.6. The average molecular weight is 306 g/mol. The van der Waals surface area contributed by atoms with Crippen LogP contribution >= 0.6 is 11.6 Å². The Kier molecular flexibility index (Phi) is 3.53. The highest BCUT2D eigenvalue weighted by molar-refractivity contribution is 6.30. The van der Waals surface area contributed by atoms with Crippen LogP contribution in [-0.2, 0) is 0 Å². The highest BCUT2D eigenvalue weighted by Gasteiger charge is 2.46. The highest BCUT2D eigenvalue weighted by atomic mass is 35.5. The first-order valence-corrected chi connectivity index (χ1v) is 6.78. The van der Waals surface area contributed by atoms with Gasteiger partial charge in [0.25, 0.3) is 6.04 Å². The molecule has 0 aliphatic carbocycles. The molecule has 3 atom stereocenters. The summed E-state index contributed by atoms with van der Waals surface area (Å²) in [5.41, 5.74) is 1.04. The van der Waals surface area contributed by atoms with Crippen LogP contribution in [0.3, 0.4) is 0 Å². The number of ether oxygens (including phenoxy) is 1. The number of para-hydroxylation sites is 1. The van der Waals surface area contributed by atoms with E-state index in [1.54, 1.807) is 48.5 Å². The van der Waals surface area contributed by atoms with Gasteiger partial charge in [0.2, 0.25) is 0 Å². The maximum Gasteiger partial charge on any atom is 0.283 e. The predicted octanol–water partition coefficient (Wildman–Crippen LogP) is 3.15. The molecule has 3 unspecified atom stereocenters. The van der Waals surface area contributed by atoms with Crippen molar-refractivity contribution in [3.8, 4) is 5.75 Å². The van der Waals surface area contributed by atoms with Gasteiger partial charge in [-0.25, -0.2) is 0 Å². The van der Waals surface area contributed by atoms with Crippen LogP contribution in [-0.4, -0.2) is 16.1 Å². The van der Waals surface area contributed by atoms with Crippen LogP contribution in [0.5, 0.6) is 5.75 Å². The molecule has 1 N–H and O–H groups in total. The number of nitro groups is 1. The van der Waals surface area contributed by atoms with Crippen LogP contribution in [0.4, 0.5) is 0 Å². The minimum atomic E-state index is -1.26. The Bertz CT molecular complexity index is 674. The second kappa shape index (κ2) is 5.35. The number of halogens is 1. The Morgan fingerprint density at radius 2 is 1.81 bits per heavy atom. The van der Waals surface area contributed by atoms with Gasteiger partial charge in [-0.1, -0.05) is 41.9 Å². The van der Waals surface area contributed by atoms with Crippen LogP contribution in [0.2, 0.25) is 5.02 Å². The first-order chi connectivity index (χ1) is 10.1. The summed E-state index contributed by atoms with van der Waals surface area (Å²) in [4.78, 5) is 10.9. The standard InChI is InChI=1S/C15H12ClNO4/c16-10-7-5-9(6-8-10)15-13(17(19)20)14(18)11-3-1-2-4-12(11)21-15/h1-8,13-15,18H. The van der Waals surface area contributed by atoms with Crippen LogP contribution in [0, 0.1) is 10.1 Å². The first kappa shape index (κ1) is 13.9. The summed E-state index contributed by atoms with van der Waals surface area (Å²) in [6.07, 6.45) is -2.08. The van der Waals surface area contributed by atoms with Gasteiger partial charge in [0.1, 0.15) is 5.75 Å². The summed E-state index contributed by atoms with van der Waals surface area (Å²) in [6, 6.07) is 12.2. The lowest BCUT2D eigenvalue weighted by molar-refractivity contribution is -0.549. The van der Waals surface area contributed by atoms with Gasteiger partial charge in [0.05, 0.1) is 0 Å². The van der Waals surface area contributed by atoms with Gasteiger partial charge in [0, 0.05) is 15.5 Å². The van der Waals surface area contributed by atoms with Crippen molar-refractivity contribution >= 4 is 11.6 Å². The second-order valence-corrected chi connectivity index (χ2v) is 5.29. The minimum Gasteiger partial charge on any atom is -0.478 e. The maximum atomic E-state index is 11.4. The van der Waals surface area contributed by atoms with Gasteiger partial charge in [-0.2, -0.15) is 0 Å². The summed E-state index contributed by atoms with van der Waals surface area (Å²) in [5.74, 6) is 0.461. The molecule has 1 aliphatic rings. The number of aliphatic hydroxyl groups excluding tert-OH is 1. The Morgan fingerprint density at radius 3 is 2.48 bits per heavy atom. The third-order valence-corrected chi connectivity index (χ3v) is 3.82. The second-order valence-electron chi connectivity index (χ2n) is 4.85. The summed E-state index contributed by atoms with van der Waals surface area (Å²) < 4.78 is 5.76. The van der Waals surface area contributed by atoms with E-state index in [0.29, 0.717) is 21.9 Å². The molecule has 0 saturated carbocycles. The van der Waals surface area contributed by atoms with Crippen molar-refractivity contribution in [3.63, 3.8) is 0 Å². The molecule has 21 heavy (non-hydrogen) atoms. The maximum absolute atomic E-state index is 11.4. The quantitative estimate of drug-likeness (QED) is 0.683. The van der Waals surface area contributed by atoms with Crippen LogP contribution in [0.25, 0.3) is 0 Å². The van der Waals surface area contributed by atoms with E-state index in [-0.39, 0.29) is 0 Å². The van der Waals surface area contributed by atoms with E-state index in [2.05, 4.69) is 0 Å². The molecular weight excluding hydrogens is 294 g/mol. The van der Waals surface area contributed by atoms with Gasteiger partial charge < -0.3 is 9.84 Å². The zero-order valence-electron chi connectivity index (χ0n) is 10.8. The van der Waals surface area contributed by atoms with E-state index < -0.39 is 23.2 Å². The molecule has 0 bridgehead atoms. The Morgan fingerprint density at radius 1 is 1.14 bits per heavy atom. The lowest BCUT2D eigenvalue weighted by Gasteiger charge is -2.32. The monoisotopic (exact) mass is 305 g/mol. The average Bonchev–Trinajstić information content (AvgIpc) is 2.47. The molecule has 5 nitrogen and oxygen atoms in total. The first-order valence-electron chi connectivity index (χ1n) is 6.40. The van der Waals surface area contributed by atoms with Crippen molar-refractivity contribution in [1.82, 2.24) is 0 Å². The molecule has 0 fully saturated rings. The lowest BCUT2D eigenvalue weighted by atomic mass is 9.90. The topological polar surface area (TPSA) is 72.6 Å². The van der Waals surface area contributed by atoms with Gasteiger partial charge in [-0.3, -0.25) is 10.1 Å². The van der Waals surface area contributed by atoms with Crippen molar-refractivity contribution in [2.45, 2.75) is 18.2 Å². The number of rotatable bonds is 2. The number of hydrogen-bond donors (Lipinski definition) is 1. The van der Waals surface area contributed by atoms with Crippen molar-refractivity contribution in [3.05, 3.63) is 74.8 Å². The Labute approximate surface area is 125 Å². The summed E-state index contributed by atoms with van der Waals surface area (Å²) >= 11 is 5.84. The number of benzene rings is 2. The fourth-order valence-electron chi connectivity index (χ4n) is 2.53. The fourth-order valence-corrected chi connectivity index (χ4v) is 2.66. The molecule has 0 amide bonds. The summed E-state index contributed by atoms with van der Waals surface area (Å²) in [5, 5.41) is 22.2. The smallest absolute Gasteiger partial charge is 0.283 e. The van der Waals surface area contributed by atoms with E-state index >= 15 is 0 Å². The van der Waals surface area contributed by atoms with Crippen LogP contribution in [0.15, 0.2) is 48.5 Å².